The number of amides is 1. The van der Waals surface area contributed by atoms with Crippen LogP contribution in [0.5, 0.6) is 0 Å². The van der Waals surface area contributed by atoms with Crippen LogP contribution in [0.15, 0.2) is 23.2 Å². The van der Waals surface area contributed by atoms with Gasteiger partial charge in [0.25, 0.3) is 5.91 Å². The second-order valence-corrected chi connectivity index (χ2v) is 10.5. The van der Waals surface area contributed by atoms with Crippen molar-refractivity contribution in [1.82, 2.24) is 0 Å². The highest BCUT2D eigenvalue weighted by atomic mass is 35.5. The second kappa shape index (κ2) is 5.90. The maximum absolute atomic E-state index is 12.1. The molecule has 1 saturated carbocycles. The summed E-state index contributed by atoms with van der Waals surface area (Å²) in [6, 6.07) is 4.90. The van der Waals surface area contributed by atoms with Gasteiger partial charge in [-0.25, -0.2) is 8.42 Å². The molecule has 2 heterocycles. The number of amidine groups is 1. The molecule has 2 atom stereocenters. The van der Waals surface area contributed by atoms with Crippen molar-refractivity contribution in [2.45, 2.75) is 24.1 Å². The summed E-state index contributed by atoms with van der Waals surface area (Å²) in [7, 11) is -3.08. The number of carbonyl (C=O) groups excluding carboxylic acids is 1. The van der Waals surface area contributed by atoms with Crippen molar-refractivity contribution < 1.29 is 13.2 Å². The molecule has 2 aliphatic heterocycles. The summed E-state index contributed by atoms with van der Waals surface area (Å²) in [6.45, 7) is 0. The van der Waals surface area contributed by atoms with Gasteiger partial charge in [-0.1, -0.05) is 35.0 Å². The third-order valence-electron chi connectivity index (χ3n) is 4.38. The molecular formula is C15H14Cl2N2O3S2. The van der Waals surface area contributed by atoms with Crippen molar-refractivity contribution in [1.29, 1.82) is 0 Å². The molecule has 3 fully saturated rings. The van der Waals surface area contributed by atoms with E-state index in [-0.39, 0.29) is 34.6 Å². The number of fused-ring (bicyclic) bond motifs is 1. The highest BCUT2D eigenvalue weighted by molar-refractivity contribution is 8.16. The SMILES string of the molecule is O=C(N=C1S[C@H]2CS(=O)(=O)C[C@@H]2N1c1ccc(Cl)c(Cl)c1)C1CC1. The van der Waals surface area contributed by atoms with Crippen LogP contribution >= 0.6 is 35.0 Å². The molecule has 4 rings (SSSR count). The van der Waals surface area contributed by atoms with Crippen LogP contribution in [0.3, 0.4) is 0 Å². The van der Waals surface area contributed by atoms with Gasteiger partial charge in [0.15, 0.2) is 15.0 Å². The first-order valence-corrected chi connectivity index (χ1v) is 11.0. The lowest BCUT2D eigenvalue weighted by molar-refractivity contribution is -0.118. The molecule has 1 amide bonds. The third-order valence-corrected chi connectivity index (χ3v) is 8.33. The molecule has 3 aliphatic rings. The molecule has 0 N–H and O–H groups in total. The lowest BCUT2D eigenvalue weighted by Gasteiger charge is -2.24. The number of nitrogens with zero attached hydrogens (tertiary/aromatic N) is 2. The zero-order valence-electron chi connectivity index (χ0n) is 12.5. The minimum Gasteiger partial charge on any atom is -0.316 e. The number of anilines is 1. The standard InChI is InChI=1S/C15H14Cl2N2O3S2/c16-10-4-3-9(5-11(10)17)19-12-6-24(21,22)7-13(12)23-15(19)18-14(20)8-1-2-8/h3-5,8,12-13H,1-2,6-7H2/t12-,13-/m0/s1. The first-order chi connectivity index (χ1) is 11.3. The van der Waals surface area contributed by atoms with Crippen molar-refractivity contribution in [2.75, 3.05) is 16.4 Å². The van der Waals surface area contributed by atoms with Crippen molar-refractivity contribution in [3.05, 3.63) is 28.2 Å². The number of halogens is 2. The Labute approximate surface area is 154 Å². The Kier molecular flexibility index (Phi) is 4.10. The van der Waals surface area contributed by atoms with Gasteiger partial charge in [0, 0.05) is 16.9 Å². The summed E-state index contributed by atoms with van der Waals surface area (Å²) >= 11 is 13.5. The zero-order valence-corrected chi connectivity index (χ0v) is 15.6. The number of hydrogen-bond donors (Lipinski definition) is 0. The zero-order chi connectivity index (χ0) is 17.1. The van der Waals surface area contributed by atoms with Gasteiger partial charge in [-0.05, 0) is 31.0 Å². The highest BCUT2D eigenvalue weighted by Gasteiger charge is 2.49. The Balaban J connectivity index is 1.74. The van der Waals surface area contributed by atoms with Crippen molar-refractivity contribution in [2.24, 2.45) is 10.9 Å². The van der Waals surface area contributed by atoms with Crippen LogP contribution in [0.4, 0.5) is 5.69 Å². The topological polar surface area (TPSA) is 66.8 Å². The monoisotopic (exact) mass is 404 g/mol. The summed E-state index contributed by atoms with van der Waals surface area (Å²) in [6.07, 6.45) is 1.77. The Hall–Kier alpha value is -0.760. The molecule has 1 aliphatic carbocycles. The smallest absolute Gasteiger partial charge is 0.251 e. The molecule has 9 heteroatoms. The predicted octanol–water partition coefficient (Wildman–Crippen LogP) is 3.00. The minimum atomic E-state index is -3.08. The van der Waals surface area contributed by atoms with Crippen LogP contribution in [-0.4, -0.2) is 42.3 Å². The molecular weight excluding hydrogens is 391 g/mol. The molecule has 24 heavy (non-hydrogen) atoms. The van der Waals surface area contributed by atoms with Crippen LogP contribution in [0.2, 0.25) is 10.0 Å². The average molecular weight is 405 g/mol. The van der Waals surface area contributed by atoms with Crippen LogP contribution in [0, 0.1) is 5.92 Å². The Morgan fingerprint density at radius 1 is 1.21 bits per heavy atom. The molecule has 0 spiro atoms. The number of sulfone groups is 1. The van der Waals surface area contributed by atoms with E-state index in [4.69, 9.17) is 23.2 Å². The molecule has 5 nitrogen and oxygen atoms in total. The molecule has 0 aromatic heterocycles. The fourth-order valence-electron chi connectivity index (χ4n) is 3.02. The first-order valence-electron chi connectivity index (χ1n) is 7.58. The van der Waals surface area contributed by atoms with Crippen LogP contribution in [0.1, 0.15) is 12.8 Å². The highest BCUT2D eigenvalue weighted by Crippen LogP contribution is 2.42. The van der Waals surface area contributed by atoms with E-state index >= 15 is 0 Å². The normalized spacial score (nSPS) is 29.9. The predicted molar refractivity (Wildman–Crippen MR) is 97.9 cm³/mol. The van der Waals surface area contributed by atoms with E-state index in [0.717, 1.165) is 12.8 Å². The van der Waals surface area contributed by atoms with Crippen molar-refractivity contribution in [3.8, 4) is 0 Å². The number of rotatable bonds is 2. The summed E-state index contributed by atoms with van der Waals surface area (Å²) in [5, 5.41) is 1.26. The molecule has 1 aromatic rings. The van der Waals surface area contributed by atoms with E-state index in [1.54, 1.807) is 18.2 Å². The number of benzene rings is 1. The number of aliphatic imine (C=N–C) groups is 1. The van der Waals surface area contributed by atoms with Crippen molar-refractivity contribution in [3.63, 3.8) is 0 Å². The van der Waals surface area contributed by atoms with Crippen LogP contribution < -0.4 is 4.90 Å². The number of carbonyl (C=O) groups is 1. The Morgan fingerprint density at radius 2 is 1.96 bits per heavy atom. The van der Waals surface area contributed by atoms with Gasteiger partial charge in [-0.2, -0.15) is 4.99 Å². The van der Waals surface area contributed by atoms with E-state index in [1.807, 2.05) is 4.90 Å². The lowest BCUT2D eigenvalue weighted by atomic mass is 10.2. The van der Waals surface area contributed by atoms with Gasteiger partial charge >= 0.3 is 0 Å². The largest absolute Gasteiger partial charge is 0.316 e. The van der Waals surface area contributed by atoms with Crippen LogP contribution in [-0.2, 0) is 14.6 Å². The van der Waals surface area contributed by atoms with E-state index in [9.17, 15) is 13.2 Å². The van der Waals surface area contributed by atoms with Gasteiger partial charge in [-0.3, -0.25) is 4.79 Å². The molecule has 2 saturated heterocycles. The first kappa shape index (κ1) is 16.7. The second-order valence-electron chi connectivity index (χ2n) is 6.28. The van der Waals surface area contributed by atoms with Gasteiger partial charge < -0.3 is 4.90 Å². The van der Waals surface area contributed by atoms with Gasteiger partial charge in [0.2, 0.25) is 0 Å². The Bertz CT molecular complexity index is 852. The number of hydrogen-bond acceptors (Lipinski definition) is 4. The maximum atomic E-state index is 12.1. The van der Waals surface area contributed by atoms with Crippen LogP contribution in [0.25, 0.3) is 0 Å². The summed E-state index contributed by atoms with van der Waals surface area (Å²) in [5.74, 6) is 0.0709. The van der Waals surface area contributed by atoms with Crippen molar-refractivity contribution >= 4 is 61.6 Å². The molecule has 1 aromatic carbocycles. The lowest BCUT2D eigenvalue weighted by Crippen LogP contribution is -2.37. The summed E-state index contributed by atoms with van der Waals surface area (Å²) in [5.41, 5.74) is 0.712. The summed E-state index contributed by atoms with van der Waals surface area (Å²) < 4.78 is 24.0. The van der Waals surface area contributed by atoms with E-state index in [2.05, 4.69) is 4.99 Å². The maximum Gasteiger partial charge on any atom is 0.251 e. The van der Waals surface area contributed by atoms with Gasteiger partial charge in [0.05, 0.1) is 27.6 Å². The molecule has 0 unspecified atom stereocenters. The van der Waals surface area contributed by atoms with E-state index < -0.39 is 9.84 Å². The fraction of sp³-hybridized carbons (Fsp3) is 0.467. The van der Waals surface area contributed by atoms with Gasteiger partial charge in [0.1, 0.15) is 0 Å². The quantitative estimate of drug-likeness (QED) is 0.757. The Morgan fingerprint density at radius 3 is 2.62 bits per heavy atom. The number of thioether (sulfide) groups is 1. The van der Waals surface area contributed by atoms with E-state index in [1.165, 1.54) is 11.8 Å². The molecule has 0 bridgehead atoms. The van der Waals surface area contributed by atoms with Gasteiger partial charge in [-0.15, -0.1) is 0 Å². The fourth-order valence-corrected chi connectivity index (χ4v) is 7.23. The molecule has 128 valence electrons. The summed E-state index contributed by atoms with van der Waals surface area (Å²) in [4.78, 5) is 18.2. The third kappa shape index (κ3) is 3.07. The average Bonchev–Trinajstić information content (AvgIpc) is 3.23. The minimum absolute atomic E-state index is 0.0259. The van der Waals surface area contributed by atoms with E-state index in [0.29, 0.717) is 20.9 Å². The molecule has 0 radical (unpaired) electrons.